The first-order chi connectivity index (χ1) is 13.8. The standard InChI is InChI=1S/C18H23N5O5S/c1-19-18(26)13-6-4-10-23(13)16(25)11-21-15(24)8-9-20-17-12-5-2-3-7-14(12)29(27,28)22-17/h2-3,5,7,13H,4,6,8-11H2,1H3,(H,19,26)(H,20,22)(H,21,24). The molecule has 0 bridgehead atoms. The maximum Gasteiger partial charge on any atom is 0.263 e. The number of hydrogen-bond donors (Lipinski definition) is 3. The van der Waals surface area contributed by atoms with E-state index in [-0.39, 0.29) is 48.0 Å². The fourth-order valence-electron chi connectivity index (χ4n) is 3.39. The quantitative estimate of drug-likeness (QED) is 0.539. The Hall–Kier alpha value is -2.95. The number of likely N-dealkylation sites (N-methyl/N-ethyl adjacent to an activating group) is 1. The van der Waals surface area contributed by atoms with E-state index in [9.17, 15) is 22.8 Å². The molecule has 29 heavy (non-hydrogen) atoms. The second-order valence-electron chi connectivity index (χ2n) is 6.72. The third kappa shape index (κ3) is 4.56. The van der Waals surface area contributed by atoms with Gasteiger partial charge in [-0.15, -0.1) is 0 Å². The lowest BCUT2D eigenvalue weighted by molar-refractivity contribution is -0.138. The maximum atomic E-state index is 12.3. The summed E-state index contributed by atoms with van der Waals surface area (Å²) < 4.78 is 26.4. The molecule has 2 heterocycles. The van der Waals surface area contributed by atoms with Crippen LogP contribution in [0.1, 0.15) is 24.8 Å². The van der Waals surface area contributed by atoms with E-state index in [0.717, 1.165) is 6.42 Å². The zero-order valence-electron chi connectivity index (χ0n) is 16.0. The number of hydrogen-bond acceptors (Lipinski definition) is 6. The molecule has 1 fully saturated rings. The highest BCUT2D eigenvalue weighted by Crippen LogP contribution is 2.22. The Kier molecular flexibility index (Phi) is 6.16. The van der Waals surface area contributed by atoms with Gasteiger partial charge in [-0.25, -0.2) is 8.42 Å². The monoisotopic (exact) mass is 421 g/mol. The highest BCUT2D eigenvalue weighted by molar-refractivity contribution is 7.90. The Morgan fingerprint density at radius 1 is 1.28 bits per heavy atom. The van der Waals surface area contributed by atoms with Crippen molar-refractivity contribution in [2.24, 2.45) is 4.99 Å². The van der Waals surface area contributed by atoms with Gasteiger partial charge in [-0.3, -0.25) is 24.1 Å². The number of sulfonamides is 1. The molecule has 3 N–H and O–H groups in total. The molecule has 11 heteroatoms. The molecule has 2 aliphatic heterocycles. The van der Waals surface area contributed by atoms with Crippen LogP contribution in [0.25, 0.3) is 0 Å². The number of nitrogens with zero attached hydrogens (tertiary/aromatic N) is 2. The molecule has 10 nitrogen and oxygen atoms in total. The Morgan fingerprint density at radius 3 is 2.79 bits per heavy atom. The lowest BCUT2D eigenvalue weighted by atomic mass is 10.2. The van der Waals surface area contributed by atoms with E-state index >= 15 is 0 Å². The summed E-state index contributed by atoms with van der Waals surface area (Å²) in [5.41, 5.74) is 0.470. The fraction of sp³-hybridized carbons (Fsp3) is 0.444. The summed E-state index contributed by atoms with van der Waals surface area (Å²) in [5, 5.41) is 5.07. The van der Waals surface area contributed by atoms with Crippen LogP contribution < -0.4 is 15.4 Å². The van der Waals surface area contributed by atoms with Crippen molar-refractivity contribution in [3.8, 4) is 0 Å². The Balaban J connectivity index is 1.49. The molecule has 1 atom stereocenters. The smallest absolute Gasteiger partial charge is 0.263 e. The molecule has 0 aromatic heterocycles. The highest BCUT2D eigenvalue weighted by atomic mass is 32.2. The van der Waals surface area contributed by atoms with Crippen LogP contribution in [0.3, 0.4) is 0 Å². The number of benzene rings is 1. The van der Waals surface area contributed by atoms with Crippen LogP contribution >= 0.6 is 0 Å². The number of amidine groups is 1. The minimum atomic E-state index is -3.62. The van der Waals surface area contributed by atoms with Crippen molar-refractivity contribution in [1.82, 2.24) is 20.3 Å². The first-order valence-electron chi connectivity index (χ1n) is 9.28. The predicted molar refractivity (Wildman–Crippen MR) is 105 cm³/mol. The van der Waals surface area contributed by atoms with E-state index in [0.29, 0.717) is 18.5 Å². The van der Waals surface area contributed by atoms with Gasteiger partial charge < -0.3 is 15.5 Å². The van der Waals surface area contributed by atoms with Crippen LogP contribution in [0.5, 0.6) is 0 Å². The van der Waals surface area contributed by atoms with Gasteiger partial charge in [0.1, 0.15) is 11.9 Å². The van der Waals surface area contributed by atoms with Crippen LogP contribution in [0, 0.1) is 0 Å². The lowest BCUT2D eigenvalue weighted by Gasteiger charge is -2.23. The molecule has 0 spiro atoms. The largest absolute Gasteiger partial charge is 0.357 e. The van der Waals surface area contributed by atoms with E-state index in [1.54, 1.807) is 18.2 Å². The number of likely N-dealkylation sites (tertiary alicyclic amines) is 1. The molecule has 156 valence electrons. The van der Waals surface area contributed by atoms with Crippen molar-refractivity contribution in [2.75, 3.05) is 26.7 Å². The molecule has 1 aromatic rings. The Morgan fingerprint density at radius 2 is 2.03 bits per heavy atom. The maximum absolute atomic E-state index is 12.3. The third-order valence-corrected chi connectivity index (χ3v) is 6.23. The summed E-state index contributed by atoms with van der Waals surface area (Å²) in [6.07, 6.45) is 1.35. The van der Waals surface area contributed by atoms with Crippen LogP contribution in [-0.2, 0) is 24.4 Å². The van der Waals surface area contributed by atoms with Crippen molar-refractivity contribution in [1.29, 1.82) is 0 Å². The van der Waals surface area contributed by atoms with Crippen LogP contribution in [-0.4, -0.2) is 69.6 Å². The van der Waals surface area contributed by atoms with Gasteiger partial charge in [0, 0.05) is 25.6 Å². The number of carbonyl (C=O) groups is 3. The van der Waals surface area contributed by atoms with Crippen LogP contribution in [0.15, 0.2) is 34.2 Å². The molecule has 2 aliphatic rings. The van der Waals surface area contributed by atoms with Crippen molar-refractivity contribution >= 4 is 33.6 Å². The summed E-state index contributed by atoms with van der Waals surface area (Å²) >= 11 is 0. The first kappa shape index (κ1) is 20.8. The summed E-state index contributed by atoms with van der Waals surface area (Å²) in [6.45, 7) is 0.356. The van der Waals surface area contributed by atoms with Gasteiger partial charge in [0.2, 0.25) is 17.7 Å². The van der Waals surface area contributed by atoms with E-state index < -0.39 is 16.1 Å². The SMILES string of the molecule is CNC(=O)C1CCCN1C(=O)CNC(=O)CCN=C1NS(=O)(=O)c2ccccc21. The average Bonchev–Trinajstić information content (AvgIpc) is 3.29. The Labute approximate surface area is 168 Å². The topological polar surface area (TPSA) is 137 Å². The molecule has 3 rings (SSSR count). The third-order valence-electron chi connectivity index (χ3n) is 4.83. The number of carbonyl (C=O) groups excluding carboxylic acids is 3. The molecule has 0 radical (unpaired) electrons. The highest BCUT2D eigenvalue weighted by Gasteiger charge is 2.33. The lowest BCUT2D eigenvalue weighted by Crippen LogP contribution is -2.48. The predicted octanol–water partition coefficient (Wildman–Crippen LogP) is -1.03. The molecule has 1 unspecified atom stereocenters. The number of rotatable bonds is 6. The van der Waals surface area contributed by atoms with Crippen molar-refractivity contribution in [3.63, 3.8) is 0 Å². The van der Waals surface area contributed by atoms with Crippen molar-refractivity contribution in [3.05, 3.63) is 29.8 Å². The summed E-state index contributed by atoms with van der Waals surface area (Å²) in [7, 11) is -2.09. The molecular weight excluding hydrogens is 398 g/mol. The number of nitrogens with one attached hydrogen (secondary N) is 3. The summed E-state index contributed by atoms with van der Waals surface area (Å²) in [4.78, 5) is 41.9. The van der Waals surface area contributed by atoms with Crippen molar-refractivity contribution < 1.29 is 22.8 Å². The molecule has 0 aliphatic carbocycles. The number of amides is 3. The van der Waals surface area contributed by atoms with E-state index in [2.05, 4.69) is 20.3 Å². The van der Waals surface area contributed by atoms with Gasteiger partial charge in [0.15, 0.2) is 0 Å². The van der Waals surface area contributed by atoms with E-state index in [1.165, 1.54) is 18.0 Å². The van der Waals surface area contributed by atoms with Gasteiger partial charge in [-0.1, -0.05) is 12.1 Å². The van der Waals surface area contributed by atoms with Gasteiger partial charge in [-0.2, -0.15) is 0 Å². The molecular formula is C18H23N5O5S. The number of fused-ring (bicyclic) bond motifs is 1. The zero-order chi connectivity index (χ0) is 21.0. The fourth-order valence-corrected chi connectivity index (χ4v) is 4.64. The average molecular weight is 421 g/mol. The molecule has 0 saturated carbocycles. The molecule has 1 saturated heterocycles. The minimum absolute atomic E-state index is 0.000447. The minimum Gasteiger partial charge on any atom is -0.357 e. The van der Waals surface area contributed by atoms with Crippen molar-refractivity contribution in [2.45, 2.75) is 30.2 Å². The van der Waals surface area contributed by atoms with Gasteiger partial charge in [-0.05, 0) is 25.0 Å². The van der Waals surface area contributed by atoms with E-state index in [4.69, 9.17) is 0 Å². The Bertz CT molecular complexity index is 959. The zero-order valence-corrected chi connectivity index (χ0v) is 16.8. The normalized spacial score (nSPS) is 20.8. The van der Waals surface area contributed by atoms with Crippen LogP contribution in [0.4, 0.5) is 0 Å². The second kappa shape index (κ2) is 8.60. The van der Waals surface area contributed by atoms with Crippen LogP contribution in [0.2, 0.25) is 0 Å². The molecule has 1 aromatic carbocycles. The summed E-state index contributed by atoms with van der Waals surface area (Å²) in [5.74, 6) is -0.701. The van der Waals surface area contributed by atoms with Gasteiger partial charge >= 0.3 is 0 Å². The van der Waals surface area contributed by atoms with Gasteiger partial charge in [0.05, 0.1) is 18.0 Å². The number of aliphatic imine (C=N–C) groups is 1. The first-order valence-corrected chi connectivity index (χ1v) is 10.8. The van der Waals surface area contributed by atoms with E-state index in [1.807, 2.05) is 0 Å². The second-order valence-corrected chi connectivity index (χ2v) is 8.37. The molecule has 3 amide bonds. The summed E-state index contributed by atoms with van der Waals surface area (Å²) in [6, 6.07) is 5.97. The van der Waals surface area contributed by atoms with Gasteiger partial charge in [0.25, 0.3) is 10.0 Å².